The molecule has 0 spiro atoms. The van der Waals surface area contributed by atoms with Crippen molar-refractivity contribution < 1.29 is 23.4 Å². The van der Waals surface area contributed by atoms with Crippen molar-refractivity contribution in [1.29, 1.82) is 0 Å². The second kappa shape index (κ2) is 10.1. The molecule has 0 aromatic heterocycles. The molecule has 0 unspecified atom stereocenters. The minimum atomic E-state index is -1.90. The zero-order chi connectivity index (χ0) is 18.9. The molecule has 0 aliphatic rings. The van der Waals surface area contributed by atoms with Crippen LogP contribution in [-0.4, -0.2) is 40.9 Å². The van der Waals surface area contributed by atoms with Gasteiger partial charge in [-0.05, 0) is 23.7 Å². The zero-order valence-corrected chi connectivity index (χ0v) is 17.3. The van der Waals surface area contributed by atoms with Crippen LogP contribution in [0.2, 0.25) is 18.1 Å². The van der Waals surface area contributed by atoms with Gasteiger partial charge in [0.15, 0.2) is 8.32 Å². The van der Waals surface area contributed by atoms with Crippen molar-refractivity contribution >= 4 is 14.3 Å². The highest BCUT2D eigenvalue weighted by atomic mass is 28.4. The highest BCUT2D eigenvalue weighted by Gasteiger charge is 2.37. The summed E-state index contributed by atoms with van der Waals surface area (Å²) in [5, 5.41) is 0.104. The second-order valence-electron chi connectivity index (χ2n) is 7.59. The SMILES string of the molecule is COC(=O)C[C@H](CO[Si](C)(C)C(C)(C)C)OCOCc1ccccc1. The van der Waals surface area contributed by atoms with Gasteiger partial charge in [0.2, 0.25) is 0 Å². The Balaban J connectivity index is 2.48. The first-order valence-electron chi connectivity index (χ1n) is 8.60. The molecule has 1 aromatic carbocycles. The van der Waals surface area contributed by atoms with Crippen LogP contribution in [0.4, 0.5) is 0 Å². The average molecular weight is 369 g/mol. The lowest BCUT2D eigenvalue weighted by Crippen LogP contribution is -2.43. The van der Waals surface area contributed by atoms with Crippen LogP contribution in [0.1, 0.15) is 32.8 Å². The van der Waals surface area contributed by atoms with Crippen LogP contribution >= 0.6 is 0 Å². The lowest BCUT2D eigenvalue weighted by molar-refractivity contribution is -0.150. The molecule has 1 rings (SSSR count). The number of hydrogen-bond donors (Lipinski definition) is 0. The van der Waals surface area contributed by atoms with Gasteiger partial charge in [-0.15, -0.1) is 0 Å². The minimum Gasteiger partial charge on any atom is -0.469 e. The summed E-state index contributed by atoms with van der Waals surface area (Å²) in [4.78, 5) is 11.6. The minimum absolute atomic E-state index is 0.104. The number of methoxy groups -OCH3 is 1. The maximum Gasteiger partial charge on any atom is 0.308 e. The van der Waals surface area contributed by atoms with Crippen molar-refractivity contribution in [3.63, 3.8) is 0 Å². The van der Waals surface area contributed by atoms with Gasteiger partial charge in [-0.25, -0.2) is 0 Å². The van der Waals surface area contributed by atoms with Crippen molar-refractivity contribution in [3.8, 4) is 0 Å². The molecule has 0 bridgehead atoms. The van der Waals surface area contributed by atoms with Crippen LogP contribution in [-0.2, 0) is 30.0 Å². The van der Waals surface area contributed by atoms with Crippen molar-refractivity contribution in [2.75, 3.05) is 20.5 Å². The van der Waals surface area contributed by atoms with E-state index in [0.717, 1.165) is 5.56 Å². The van der Waals surface area contributed by atoms with Crippen molar-refractivity contribution in [3.05, 3.63) is 35.9 Å². The zero-order valence-electron chi connectivity index (χ0n) is 16.3. The van der Waals surface area contributed by atoms with E-state index in [1.165, 1.54) is 7.11 Å². The van der Waals surface area contributed by atoms with E-state index in [9.17, 15) is 4.79 Å². The van der Waals surface area contributed by atoms with E-state index in [4.69, 9.17) is 18.6 Å². The summed E-state index contributed by atoms with van der Waals surface area (Å²) >= 11 is 0. The molecular formula is C19H32O5Si. The number of rotatable bonds is 10. The Bertz CT molecular complexity index is 510. The van der Waals surface area contributed by atoms with Crippen molar-refractivity contribution in [1.82, 2.24) is 0 Å². The van der Waals surface area contributed by atoms with Gasteiger partial charge in [-0.3, -0.25) is 4.79 Å². The fraction of sp³-hybridized carbons (Fsp3) is 0.632. The molecule has 0 saturated carbocycles. The summed E-state index contributed by atoms with van der Waals surface area (Å²) < 4.78 is 22.2. The first-order chi connectivity index (χ1) is 11.7. The number of carbonyl (C=O) groups excluding carboxylic acids is 1. The highest BCUT2D eigenvalue weighted by Crippen LogP contribution is 2.36. The third-order valence-electron chi connectivity index (χ3n) is 4.56. The Morgan fingerprint density at radius 2 is 1.80 bits per heavy atom. The van der Waals surface area contributed by atoms with Gasteiger partial charge in [0.25, 0.3) is 0 Å². The van der Waals surface area contributed by atoms with Gasteiger partial charge in [0.05, 0.1) is 32.8 Å². The topological polar surface area (TPSA) is 54.0 Å². The number of benzene rings is 1. The summed E-state index contributed by atoms with van der Waals surface area (Å²) in [6.07, 6.45) is -0.225. The Hall–Kier alpha value is -1.21. The molecule has 0 fully saturated rings. The van der Waals surface area contributed by atoms with E-state index in [0.29, 0.717) is 13.2 Å². The van der Waals surface area contributed by atoms with E-state index in [1.54, 1.807) is 0 Å². The van der Waals surface area contributed by atoms with Crippen LogP contribution in [0.25, 0.3) is 0 Å². The summed E-state index contributed by atoms with van der Waals surface area (Å²) in [5.74, 6) is -0.313. The van der Waals surface area contributed by atoms with Crippen LogP contribution in [0.15, 0.2) is 30.3 Å². The molecule has 0 N–H and O–H groups in total. The first kappa shape index (κ1) is 21.8. The summed E-state index contributed by atoms with van der Waals surface area (Å²) in [5.41, 5.74) is 1.08. The van der Waals surface area contributed by atoms with Crippen molar-refractivity contribution in [2.45, 2.75) is 58.0 Å². The van der Waals surface area contributed by atoms with Gasteiger partial charge in [-0.1, -0.05) is 51.1 Å². The quantitative estimate of drug-likeness (QED) is 0.269. The number of esters is 1. The predicted molar refractivity (Wildman–Crippen MR) is 101 cm³/mol. The van der Waals surface area contributed by atoms with Crippen molar-refractivity contribution in [2.24, 2.45) is 0 Å². The molecule has 0 aliphatic carbocycles. The number of carbonyl (C=O) groups is 1. The number of ether oxygens (including phenoxy) is 3. The Morgan fingerprint density at radius 3 is 2.36 bits per heavy atom. The van der Waals surface area contributed by atoms with Gasteiger partial charge >= 0.3 is 5.97 Å². The first-order valence-corrected chi connectivity index (χ1v) is 11.5. The van der Waals surface area contributed by atoms with E-state index in [1.807, 2.05) is 30.3 Å². The fourth-order valence-electron chi connectivity index (χ4n) is 1.83. The van der Waals surface area contributed by atoms with E-state index < -0.39 is 8.32 Å². The molecule has 6 heteroatoms. The lowest BCUT2D eigenvalue weighted by Gasteiger charge is -2.37. The maximum atomic E-state index is 11.6. The Kier molecular flexibility index (Phi) is 8.79. The smallest absolute Gasteiger partial charge is 0.308 e. The third-order valence-corrected chi connectivity index (χ3v) is 9.06. The molecule has 5 nitrogen and oxygen atoms in total. The largest absolute Gasteiger partial charge is 0.469 e. The molecule has 0 heterocycles. The number of hydrogen-bond acceptors (Lipinski definition) is 5. The third kappa shape index (κ3) is 8.14. The van der Waals surface area contributed by atoms with E-state index in [2.05, 4.69) is 33.9 Å². The van der Waals surface area contributed by atoms with Gasteiger partial charge in [-0.2, -0.15) is 0 Å². The van der Waals surface area contributed by atoms with Gasteiger partial charge in [0, 0.05) is 0 Å². The normalized spacial score (nSPS) is 13.5. The summed E-state index contributed by atoms with van der Waals surface area (Å²) in [6.45, 7) is 11.8. The lowest BCUT2D eigenvalue weighted by atomic mass is 10.2. The van der Waals surface area contributed by atoms with Crippen LogP contribution in [0.3, 0.4) is 0 Å². The molecule has 0 amide bonds. The summed E-state index contributed by atoms with van der Waals surface area (Å²) in [6, 6.07) is 9.88. The standard InChI is InChI=1S/C19H32O5Si/c1-19(2,3)25(5,6)24-14-17(12-18(20)21-4)23-15-22-13-16-10-8-7-9-11-16/h7-11,17H,12-15H2,1-6H3/t17-/m1/s1. The molecule has 1 atom stereocenters. The molecule has 0 aliphatic heterocycles. The van der Waals surface area contributed by atoms with Crippen LogP contribution in [0, 0.1) is 0 Å². The Labute approximate surface area is 152 Å². The maximum absolute atomic E-state index is 11.6. The molecule has 0 saturated heterocycles. The molecule has 0 radical (unpaired) electrons. The molecule has 1 aromatic rings. The van der Waals surface area contributed by atoms with E-state index in [-0.39, 0.29) is 30.3 Å². The van der Waals surface area contributed by atoms with E-state index >= 15 is 0 Å². The fourth-order valence-corrected chi connectivity index (χ4v) is 2.87. The highest BCUT2D eigenvalue weighted by molar-refractivity contribution is 6.74. The molecular weight excluding hydrogens is 336 g/mol. The molecule has 142 valence electrons. The predicted octanol–water partition coefficient (Wildman–Crippen LogP) is 4.13. The Morgan fingerprint density at radius 1 is 1.16 bits per heavy atom. The summed E-state index contributed by atoms with van der Waals surface area (Å²) in [7, 11) is -0.527. The molecule has 25 heavy (non-hydrogen) atoms. The van der Waals surface area contributed by atoms with Gasteiger partial charge in [0.1, 0.15) is 6.79 Å². The van der Waals surface area contributed by atoms with Crippen LogP contribution < -0.4 is 0 Å². The van der Waals surface area contributed by atoms with Gasteiger partial charge < -0.3 is 18.6 Å². The average Bonchev–Trinajstić information content (AvgIpc) is 2.56. The van der Waals surface area contributed by atoms with Crippen LogP contribution in [0.5, 0.6) is 0 Å². The monoisotopic (exact) mass is 368 g/mol. The second-order valence-corrected chi connectivity index (χ2v) is 12.4.